The maximum absolute atomic E-state index is 13.6. The van der Waals surface area contributed by atoms with Crippen molar-refractivity contribution in [1.29, 1.82) is 0 Å². The van der Waals surface area contributed by atoms with Crippen LogP contribution < -0.4 is 5.32 Å². The van der Waals surface area contributed by atoms with Gasteiger partial charge in [-0.05, 0) is 61.7 Å². The van der Waals surface area contributed by atoms with Gasteiger partial charge in [0.15, 0.2) is 0 Å². The Hall–Kier alpha value is -4.91. The number of carbonyl (C=O) groups excluding carboxylic acids is 1. The van der Waals surface area contributed by atoms with Crippen LogP contribution in [-0.4, -0.2) is 29.8 Å². The van der Waals surface area contributed by atoms with E-state index in [4.69, 9.17) is 0 Å². The Balaban J connectivity index is 1.45. The predicted octanol–water partition coefficient (Wildman–Crippen LogP) is 5.20. The quantitative estimate of drug-likeness (QED) is 0.346. The van der Waals surface area contributed by atoms with Gasteiger partial charge in [0, 0.05) is 34.9 Å². The van der Waals surface area contributed by atoms with Crippen LogP contribution in [0.5, 0.6) is 0 Å². The van der Waals surface area contributed by atoms with Crippen molar-refractivity contribution in [3.05, 3.63) is 107 Å². The Labute approximate surface area is 209 Å². The molecule has 0 aliphatic heterocycles. The van der Waals surface area contributed by atoms with Gasteiger partial charge in [0.1, 0.15) is 17.7 Å². The van der Waals surface area contributed by atoms with Crippen LogP contribution in [-0.2, 0) is 6.18 Å². The molecular formula is C27H19F3N6O. The molecule has 0 saturated heterocycles. The fourth-order valence-corrected chi connectivity index (χ4v) is 3.72. The second-order valence-corrected chi connectivity index (χ2v) is 8.37. The lowest BCUT2D eigenvalue weighted by Crippen LogP contribution is -2.14. The SMILES string of the molecule is Cc1cn(-c2cc(NC(=O)c3ccc(C)c(C#Cc4cnc5ccncn45)c3)cc(C(F)(F)F)c2)cn1. The van der Waals surface area contributed by atoms with Gasteiger partial charge in [-0.25, -0.2) is 15.0 Å². The third kappa shape index (κ3) is 5.06. The molecule has 0 aliphatic carbocycles. The molecule has 0 saturated carbocycles. The van der Waals surface area contributed by atoms with Crippen molar-refractivity contribution in [3.8, 4) is 17.5 Å². The number of fused-ring (bicyclic) bond motifs is 1. The van der Waals surface area contributed by atoms with Gasteiger partial charge < -0.3 is 9.88 Å². The van der Waals surface area contributed by atoms with Gasteiger partial charge in [-0.3, -0.25) is 9.20 Å². The number of amides is 1. The molecule has 37 heavy (non-hydrogen) atoms. The zero-order valence-electron chi connectivity index (χ0n) is 19.7. The number of aryl methyl sites for hydroxylation is 2. The van der Waals surface area contributed by atoms with Gasteiger partial charge in [-0.1, -0.05) is 12.0 Å². The van der Waals surface area contributed by atoms with Crippen LogP contribution in [0.2, 0.25) is 0 Å². The largest absolute Gasteiger partial charge is 0.416 e. The minimum atomic E-state index is -4.59. The van der Waals surface area contributed by atoms with Gasteiger partial charge in [-0.2, -0.15) is 13.2 Å². The van der Waals surface area contributed by atoms with Crippen LogP contribution >= 0.6 is 0 Å². The molecule has 0 atom stereocenters. The molecule has 0 unspecified atom stereocenters. The van der Waals surface area contributed by atoms with Gasteiger partial charge in [0.05, 0.1) is 23.8 Å². The summed E-state index contributed by atoms with van der Waals surface area (Å²) >= 11 is 0. The smallest absolute Gasteiger partial charge is 0.322 e. The fourth-order valence-electron chi connectivity index (χ4n) is 3.72. The Morgan fingerprint density at radius 3 is 2.59 bits per heavy atom. The van der Waals surface area contributed by atoms with Crippen molar-refractivity contribution in [2.45, 2.75) is 20.0 Å². The van der Waals surface area contributed by atoms with Gasteiger partial charge in [0.2, 0.25) is 0 Å². The molecule has 5 rings (SSSR count). The topological polar surface area (TPSA) is 77.1 Å². The first-order valence-electron chi connectivity index (χ1n) is 11.1. The summed E-state index contributed by atoms with van der Waals surface area (Å²) in [5, 5.41) is 2.58. The number of anilines is 1. The van der Waals surface area contributed by atoms with E-state index in [-0.39, 0.29) is 16.9 Å². The van der Waals surface area contributed by atoms with Crippen molar-refractivity contribution in [1.82, 2.24) is 23.9 Å². The Morgan fingerprint density at radius 2 is 1.84 bits per heavy atom. The molecule has 7 nitrogen and oxygen atoms in total. The number of aromatic nitrogens is 5. The maximum Gasteiger partial charge on any atom is 0.416 e. The minimum absolute atomic E-state index is 0.00705. The number of benzene rings is 2. The molecule has 0 bridgehead atoms. The van der Waals surface area contributed by atoms with E-state index in [1.807, 2.05) is 6.92 Å². The first kappa shape index (κ1) is 23.8. The second kappa shape index (κ2) is 9.28. The van der Waals surface area contributed by atoms with E-state index >= 15 is 0 Å². The molecule has 3 aromatic heterocycles. The summed E-state index contributed by atoms with van der Waals surface area (Å²) in [6.45, 7) is 3.59. The lowest BCUT2D eigenvalue weighted by molar-refractivity contribution is -0.137. The summed E-state index contributed by atoms with van der Waals surface area (Å²) in [6.07, 6.45) is 3.30. The van der Waals surface area contributed by atoms with E-state index in [0.717, 1.165) is 17.7 Å². The van der Waals surface area contributed by atoms with Crippen molar-refractivity contribution in [3.63, 3.8) is 0 Å². The fraction of sp³-hybridized carbons (Fsp3) is 0.111. The van der Waals surface area contributed by atoms with E-state index in [2.05, 4.69) is 32.1 Å². The lowest BCUT2D eigenvalue weighted by atomic mass is 10.0. The molecule has 0 spiro atoms. The molecule has 1 amide bonds. The monoisotopic (exact) mass is 500 g/mol. The summed E-state index contributed by atoms with van der Waals surface area (Å²) in [5.74, 6) is 5.53. The van der Waals surface area contributed by atoms with Crippen LogP contribution in [0.25, 0.3) is 11.3 Å². The highest BCUT2D eigenvalue weighted by Crippen LogP contribution is 2.33. The first-order valence-corrected chi connectivity index (χ1v) is 11.1. The zero-order chi connectivity index (χ0) is 26.2. The lowest BCUT2D eigenvalue weighted by Gasteiger charge is -2.14. The van der Waals surface area contributed by atoms with Crippen molar-refractivity contribution >= 4 is 17.2 Å². The second-order valence-electron chi connectivity index (χ2n) is 8.37. The Kier molecular flexibility index (Phi) is 5.97. The normalized spacial score (nSPS) is 11.3. The van der Waals surface area contributed by atoms with Crippen LogP contribution in [0.4, 0.5) is 18.9 Å². The summed E-state index contributed by atoms with van der Waals surface area (Å²) in [4.78, 5) is 25.4. The number of nitrogens with zero attached hydrogens (tertiary/aromatic N) is 5. The number of nitrogens with one attached hydrogen (secondary N) is 1. The summed E-state index contributed by atoms with van der Waals surface area (Å²) in [6, 6.07) is 10.1. The number of alkyl halides is 3. The molecule has 0 radical (unpaired) electrons. The molecule has 10 heteroatoms. The summed E-state index contributed by atoms with van der Waals surface area (Å²) < 4.78 is 43.9. The maximum atomic E-state index is 13.6. The number of imidazole rings is 2. The highest BCUT2D eigenvalue weighted by atomic mass is 19.4. The van der Waals surface area contributed by atoms with Gasteiger partial charge in [0.25, 0.3) is 5.91 Å². The Morgan fingerprint density at radius 1 is 1.00 bits per heavy atom. The highest BCUT2D eigenvalue weighted by molar-refractivity contribution is 6.04. The predicted molar refractivity (Wildman–Crippen MR) is 131 cm³/mol. The van der Waals surface area contributed by atoms with Crippen LogP contribution in [0.15, 0.2) is 73.7 Å². The van der Waals surface area contributed by atoms with E-state index < -0.39 is 17.6 Å². The molecule has 184 valence electrons. The number of halogens is 3. The van der Waals surface area contributed by atoms with Crippen LogP contribution in [0.3, 0.4) is 0 Å². The third-order valence-corrected chi connectivity index (χ3v) is 5.66. The zero-order valence-corrected chi connectivity index (χ0v) is 19.7. The average Bonchev–Trinajstić information content (AvgIpc) is 3.49. The molecule has 0 fully saturated rings. The van der Waals surface area contributed by atoms with Crippen LogP contribution in [0, 0.1) is 25.7 Å². The van der Waals surface area contributed by atoms with Gasteiger partial charge >= 0.3 is 6.18 Å². The standard InChI is InChI=1S/C27H19F3N6O/c1-17-3-4-20(9-19(17)5-6-23-13-32-25-7-8-31-15-36(23)25)26(37)34-22-10-21(27(28,29)30)11-24(12-22)35-14-18(2)33-16-35/h3-4,7-16H,1-2H3,(H,34,37). The highest BCUT2D eigenvalue weighted by Gasteiger charge is 2.31. The number of hydrogen-bond acceptors (Lipinski definition) is 4. The van der Waals surface area contributed by atoms with E-state index in [1.54, 1.807) is 60.5 Å². The van der Waals surface area contributed by atoms with E-state index in [1.165, 1.54) is 17.0 Å². The van der Waals surface area contributed by atoms with E-state index in [9.17, 15) is 18.0 Å². The van der Waals surface area contributed by atoms with E-state index in [0.29, 0.717) is 22.6 Å². The molecule has 3 heterocycles. The number of rotatable bonds is 3. The molecular weight excluding hydrogens is 481 g/mol. The molecule has 2 aromatic carbocycles. The average molecular weight is 500 g/mol. The summed E-state index contributed by atoms with van der Waals surface area (Å²) in [5.41, 5.74) is 3.03. The van der Waals surface area contributed by atoms with Crippen LogP contribution in [0.1, 0.15) is 38.4 Å². The summed E-state index contributed by atoms with van der Waals surface area (Å²) in [7, 11) is 0. The Bertz CT molecular complexity index is 1700. The van der Waals surface area contributed by atoms with Crippen molar-refractivity contribution < 1.29 is 18.0 Å². The molecule has 0 aliphatic rings. The van der Waals surface area contributed by atoms with Crippen molar-refractivity contribution in [2.24, 2.45) is 0 Å². The first-order chi connectivity index (χ1) is 17.7. The third-order valence-electron chi connectivity index (χ3n) is 5.66. The minimum Gasteiger partial charge on any atom is -0.322 e. The number of carbonyl (C=O) groups is 1. The number of hydrogen-bond donors (Lipinski definition) is 1. The molecule has 1 N–H and O–H groups in total. The van der Waals surface area contributed by atoms with Gasteiger partial charge in [-0.15, -0.1) is 0 Å². The van der Waals surface area contributed by atoms with Crippen molar-refractivity contribution in [2.75, 3.05) is 5.32 Å². The molecule has 5 aromatic rings.